The van der Waals surface area contributed by atoms with Gasteiger partial charge in [-0.2, -0.15) is 0 Å². The summed E-state index contributed by atoms with van der Waals surface area (Å²) in [6.07, 6.45) is 1.89. The van der Waals surface area contributed by atoms with Gasteiger partial charge >= 0.3 is 5.97 Å². The molecular formula is C16H24N2O3. The second-order valence-electron chi connectivity index (χ2n) is 5.85. The van der Waals surface area contributed by atoms with Gasteiger partial charge in [-0.3, -0.25) is 14.6 Å². The maximum absolute atomic E-state index is 12.5. The molecule has 0 aromatic carbocycles. The second kappa shape index (κ2) is 7.76. The number of nitrogens with zero attached hydrogens (tertiary/aromatic N) is 2. The van der Waals surface area contributed by atoms with E-state index in [1.807, 2.05) is 39.0 Å². The molecule has 5 nitrogen and oxygen atoms in total. The van der Waals surface area contributed by atoms with Gasteiger partial charge in [-0.25, -0.2) is 0 Å². The lowest BCUT2D eigenvalue weighted by molar-refractivity contribution is -0.145. The molecule has 1 aromatic heterocycles. The molecule has 0 spiro atoms. The fraction of sp³-hybridized carbons (Fsp3) is 0.562. The average molecular weight is 292 g/mol. The number of hydrogen-bond acceptors (Lipinski definition) is 4. The van der Waals surface area contributed by atoms with E-state index in [0.717, 1.165) is 5.69 Å². The summed E-state index contributed by atoms with van der Waals surface area (Å²) in [5, 5.41) is 0. The largest absolute Gasteiger partial charge is 0.466 e. The lowest BCUT2D eigenvalue weighted by atomic mass is 9.94. The molecule has 116 valence electrons. The lowest BCUT2D eigenvalue weighted by Gasteiger charge is -2.29. The van der Waals surface area contributed by atoms with Crippen LogP contribution in [0.3, 0.4) is 0 Å². The lowest BCUT2D eigenvalue weighted by Crippen LogP contribution is -2.40. The van der Waals surface area contributed by atoms with Gasteiger partial charge in [0.15, 0.2) is 0 Å². The average Bonchev–Trinajstić information content (AvgIpc) is 2.43. The minimum absolute atomic E-state index is 0.00236. The van der Waals surface area contributed by atoms with Gasteiger partial charge in [-0.1, -0.05) is 26.8 Å². The number of carbonyl (C=O) groups is 2. The van der Waals surface area contributed by atoms with Crippen LogP contribution in [0.15, 0.2) is 24.4 Å². The van der Waals surface area contributed by atoms with Crippen molar-refractivity contribution in [3.05, 3.63) is 30.1 Å². The van der Waals surface area contributed by atoms with Gasteiger partial charge in [-0.15, -0.1) is 0 Å². The van der Waals surface area contributed by atoms with Crippen LogP contribution in [0.4, 0.5) is 0 Å². The molecule has 1 rings (SSSR count). The van der Waals surface area contributed by atoms with Crippen molar-refractivity contribution >= 4 is 11.9 Å². The molecule has 0 atom stereocenters. The number of hydrogen-bond donors (Lipinski definition) is 0. The van der Waals surface area contributed by atoms with Gasteiger partial charge in [0.05, 0.1) is 25.3 Å². The predicted molar refractivity (Wildman–Crippen MR) is 80.4 cm³/mol. The molecule has 1 aromatic rings. The van der Waals surface area contributed by atoms with Crippen LogP contribution in [0.2, 0.25) is 0 Å². The number of aromatic nitrogens is 1. The summed E-state index contributed by atoms with van der Waals surface area (Å²) in [4.78, 5) is 29.9. The van der Waals surface area contributed by atoms with Crippen LogP contribution in [0.25, 0.3) is 0 Å². The van der Waals surface area contributed by atoms with Gasteiger partial charge in [0.2, 0.25) is 5.91 Å². The zero-order valence-electron chi connectivity index (χ0n) is 13.3. The number of carbonyl (C=O) groups excluding carboxylic acids is 2. The summed E-state index contributed by atoms with van der Waals surface area (Å²) < 4.78 is 4.92. The minimum Gasteiger partial charge on any atom is -0.466 e. The second-order valence-corrected chi connectivity index (χ2v) is 5.85. The fourth-order valence-corrected chi connectivity index (χ4v) is 1.87. The standard InChI is InChI=1S/C16H24N2O3/c1-5-21-14(19)9-11-18(15(20)16(2,3)4)12-13-8-6-7-10-17-13/h6-8,10H,5,9,11-12H2,1-4H3. The van der Waals surface area contributed by atoms with E-state index >= 15 is 0 Å². The van der Waals surface area contributed by atoms with Crippen LogP contribution < -0.4 is 0 Å². The Bertz CT molecular complexity index is 466. The highest BCUT2D eigenvalue weighted by molar-refractivity contribution is 5.82. The van der Waals surface area contributed by atoms with E-state index in [1.165, 1.54) is 0 Å². The van der Waals surface area contributed by atoms with Crippen LogP contribution >= 0.6 is 0 Å². The molecule has 0 radical (unpaired) electrons. The molecule has 0 unspecified atom stereocenters. The summed E-state index contributed by atoms with van der Waals surface area (Å²) in [6.45, 7) is 8.46. The molecule has 0 saturated heterocycles. The molecule has 21 heavy (non-hydrogen) atoms. The topological polar surface area (TPSA) is 59.5 Å². The number of pyridine rings is 1. The molecule has 0 N–H and O–H groups in total. The van der Waals surface area contributed by atoms with Crippen molar-refractivity contribution in [3.8, 4) is 0 Å². The smallest absolute Gasteiger partial charge is 0.307 e. The normalized spacial score (nSPS) is 11.0. The Kier molecular flexibility index (Phi) is 6.34. The summed E-state index contributed by atoms with van der Waals surface area (Å²) in [6, 6.07) is 5.58. The van der Waals surface area contributed by atoms with Crippen molar-refractivity contribution in [1.82, 2.24) is 9.88 Å². The van der Waals surface area contributed by atoms with Gasteiger partial charge in [0.25, 0.3) is 0 Å². The predicted octanol–water partition coefficient (Wildman–Crippen LogP) is 2.41. The van der Waals surface area contributed by atoms with Crippen molar-refractivity contribution in [3.63, 3.8) is 0 Å². The number of rotatable bonds is 6. The molecular weight excluding hydrogens is 268 g/mol. The Balaban J connectivity index is 2.75. The van der Waals surface area contributed by atoms with Gasteiger partial charge in [0, 0.05) is 18.2 Å². The van der Waals surface area contributed by atoms with E-state index in [-0.39, 0.29) is 18.3 Å². The van der Waals surface area contributed by atoms with E-state index in [0.29, 0.717) is 19.7 Å². The molecule has 0 saturated carbocycles. The first-order chi connectivity index (χ1) is 9.84. The van der Waals surface area contributed by atoms with E-state index in [1.54, 1.807) is 18.0 Å². The third kappa shape index (κ3) is 5.94. The first-order valence-electron chi connectivity index (χ1n) is 7.19. The van der Waals surface area contributed by atoms with Crippen LogP contribution in [-0.4, -0.2) is 34.9 Å². The van der Waals surface area contributed by atoms with Crippen molar-refractivity contribution in [2.45, 2.75) is 40.7 Å². The van der Waals surface area contributed by atoms with Gasteiger partial charge < -0.3 is 9.64 Å². The Labute approximate surface area is 126 Å². The SMILES string of the molecule is CCOC(=O)CCN(Cc1ccccn1)C(=O)C(C)(C)C. The number of esters is 1. The fourth-order valence-electron chi connectivity index (χ4n) is 1.87. The Hall–Kier alpha value is -1.91. The Morgan fingerprint density at radius 2 is 2.00 bits per heavy atom. The quantitative estimate of drug-likeness (QED) is 0.755. The maximum atomic E-state index is 12.5. The highest BCUT2D eigenvalue weighted by atomic mass is 16.5. The summed E-state index contributed by atoms with van der Waals surface area (Å²) in [7, 11) is 0. The monoisotopic (exact) mass is 292 g/mol. The van der Waals surface area contributed by atoms with E-state index in [4.69, 9.17) is 4.74 Å². The highest BCUT2D eigenvalue weighted by Crippen LogP contribution is 2.19. The summed E-state index contributed by atoms with van der Waals surface area (Å²) in [5.41, 5.74) is 0.308. The summed E-state index contributed by atoms with van der Waals surface area (Å²) in [5.74, 6) is -0.289. The van der Waals surface area contributed by atoms with E-state index in [9.17, 15) is 9.59 Å². The van der Waals surface area contributed by atoms with Crippen molar-refractivity contribution < 1.29 is 14.3 Å². The maximum Gasteiger partial charge on any atom is 0.307 e. The van der Waals surface area contributed by atoms with Crippen molar-refractivity contribution in [2.24, 2.45) is 5.41 Å². The van der Waals surface area contributed by atoms with E-state index in [2.05, 4.69) is 4.98 Å². The van der Waals surface area contributed by atoms with E-state index < -0.39 is 5.41 Å². The number of amides is 1. The summed E-state index contributed by atoms with van der Waals surface area (Å²) >= 11 is 0. The van der Waals surface area contributed by atoms with Crippen LogP contribution in [-0.2, 0) is 20.9 Å². The van der Waals surface area contributed by atoms with Gasteiger partial charge in [0.1, 0.15) is 0 Å². The molecule has 0 aliphatic rings. The Morgan fingerprint density at radius 3 is 2.52 bits per heavy atom. The molecule has 0 bridgehead atoms. The molecule has 0 fully saturated rings. The molecule has 0 aliphatic heterocycles. The van der Waals surface area contributed by atoms with Crippen molar-refractivity contribution in [1.29, 1.82) is 0 Å². The van der Waals surface area contributed by atoms with Crippen LogP contribution in [0.1, 0.15) is 39.8 Å². The molecule has 5 heteroatoms. The number of ether oxygens (including phenoxy) is 1. The van der Waals surface area contributed by atoms with Gasteiger partial charge in [-0.05, 0) is 19.1 Å². The zero-order valence-corrected chi connectivity index (χ0v) is 13.3. The first-order valence-corrected chi connectivity index (χ1v) is 7.19. The third-order valence-electron chi connectivity index (χ3n) is 2.90. The van der Waals surface area contributed by atoms with Crippen LogP contribution in [0.5, 0.6) is 0 Å². The molecule has 0 aliphatic carbocycles. The molecule has 1 heterocycles. The zero-order chi connectivity index (χ0) is 15.9. The van der Waals surface area contributed by atoms with Crippen LogP contribution in [0, 0.1) is 5.41 Å². The Morgan fingerprint density at radius 1 is 1.29 bits per heavy atom. The highest BCUT2D eigenvalue weighted by Gasteiger charge is 2.27. The van der Waals surface area contributed by atoms with Crippen molar-refractivity contribution in [2.75, 3.05) is 13.2 Å². The first kappa shape index (κ1) is 17.1. The third-order valence-corrected chi connectivity index (χ3v) is 2.90. The minimum atomic E-state index is -0.497. The molecule has 1 amide bonds.